The van der Waals surface area contributed by atoms with Gasteiger partial charge in [0, 0.05) is 16.2 Å². The van der Waals surface area contributed by atoms with E-state index >= 15 is 0 Å². The minimum Gasteiger partial charge on any atom is -0.497 e. The number of amides is 1. The Bertz CT molecular complexity index is 1020. The van der Waals surface area contributed by atoms with Gasteiger partial charge in [-0.15, -0.1) is 0 Å². The van der Waals surface area contributed by atoms with Crippen molar-refractivity contribution in [2.24, 2.45) is 5.16 Å². The van der Waals surface area contributed by atoms with Gasteiger partial charge in [0.25, 0.3) is 5.91 Å². The van der Waals surface area contributed by atoms with Gasteiger partial charge in [-0.1, -0.05) is 47.2 Å². The molecule has 3 aromatic carbocycles. The van der Waals surface area contributed by atoms with Gasteiger partial charge in [-0.05, 0) is 54.1 Å². The van der Waals surface area contributed by atoms with Gasteiger partial charge in [0.15, 0.2) is 0 Å². The molecule has 0 saturated heterocycles. The second-order valence-electron chi connectivity index (χ2n) is 6.47. The van der Waals surface area contributed by atoms with E-state index in [0.29, 0.717) is 6.42 Å². The SMILES string of the molecule is COc1ccc(C2=NOC(C(=O)Nc3ccccc3Sc3ccccc3)C2)cc1. The molecule has 0 spiro atoms. The number of nitrogens with zero attached hydrogens (tertiary/aromatic N) is 1. The number of anilines is 1. The smallest absolute Gasteiger partial charge is 0.268 e. The number of ether oxygens (including phenoxy) is 1. The highest BCUT2D eigenvalue weighted by Gasteiger charge is 2.29. The molecular weight excluding hydrogens is 384 g/mol. The van der Waals surface area contributed by atoms with Gasteiger partial charge in [-0.25, -0.2) is 0 Å². The van der Waals surface area contributed by atoms with Crippen molar-refractivity contribution in [2.75, 3.05) is 12.4 Å². The molecule has 3 aromatic rings. The molecule has 0 aliphatic carbocycles. The molecule has 0 fully saturated rings. The van der Waals surface area contributed by atoms with Crippen LogP contribution in [0.25, 0.3) is 0 Å². The summed E-state index contributed by atoms with van der Waals surface area (Å²) < 4.78 is 5.17. The van der Waals surface area contributed by atoms with Crippen LogP contribution in [0, 0.1) is 0 Å². The average molecular weight is 404 g/mol. The van der Waals surface area contributed by atoms with E-state index in [2.05, 4.69) is 10.5 Å². The van der Waals surface area contributed by atoms with Crippen molar-refractivity contribution >= 4 is 29.1 Å². The molecule has 1 aliphatic heterocycles. The molecule has 5 nitrogen and oxygen atoms in total. The number of rotatable bonds is 6. The highest BCUT2D eigenvalue weighted by atomic mass is 32.2. The first kappa shape index (κ1) is 19.1. The summed E-state index contributed by atoms with van der Waals surface area (Å²) in [5, 5.41) is 7.09. The Balaban J connectivity index is 1.41. The third-order valence-corrected chi connectivity index (χ3v) is 5.58. The van der Waals surface area contributed by atoms with E-state index in [1.165, 1.54) is 0 Å². The van der Waals surface area contributed by atoms with Crippen LogP contribution in [0.1, 0.15) is 12.0 Å². The van der Waals surface area contributed by atoms with Crippen LogP contribution < -0.4 is 10.1 Å². The molecule has 6 heteroatoms. The molecular formula is C23H20N2O3S. The summed E-state index contributed by atoms with van der Waals surface area (Å²) in [6.07, 6.45) is -0.228. The third kappa shape index (κ3) is 4.60. The van der Waals surface area contributed by atoms with Gasteiger partial charge >= 0.3 is 0 Å². The summed E-state index contributed by atoms with van der Waals surface area (Å²) in [7, 11) is 1.62. The summed E-state index contributed by atoms with van der Waals surface area (Å²) in [6.45, 7) is 0. The molecule has 0 bridgehead atoms. The minimum atomic E-state index is -0.651. The Kier molecular flexibility index (Phi) is 5.81. The van der Waals surface area contributed by atoms with Crippen LogP contribution in [0.2, 0.25) is 0 Å². The van der Waals surface area contributed by atoms with Gasteiger partial charge in [0.1, 0.15) is 5.75 Å². The van der Waals surface area contributed by atoms with Crippen molar-refractivity contribution in [2.45, 2.75) is 22.3 Å². The summed E-state index contributed by atoms with van der Waals surface area (Å²) in [4.78, 5) is 20.2. The molecule has 29 heavy (non-hydrogen) atoms. The van der Waals surface area contributed by atoms with E-state index in [0.717, 1.165) is 32.5 Å². The molecule has 1 unspecified atom stereocenters. The molecule has 4 rings (SSSR count). The monoisotopic (exact) mass is 404 g/mol. The summed E-state index contributed by atoms with van der Waals surface area (Å²) in [5.74, 6) is 0.563. The number of benzene rings is 3. The zero-order valence-corrected chi connectivity index (χ0v) is 16.7. The third-order valence-electron chi connectivity index (χ3n) is 4.50. The maximum atomic E-state index is 12.8. The molecule has 1 amide bonds. The van der Waals surface area contributed by atoms with Crippen molar-refractivity contribution in [1.82, 2.24) is 0 Å². The second-order valence-corrected chi connectivity index (χ2v) is 7.58. The number of methoxy groups -OCH3 is 1. The quantitative estimate of drug-likeness (QED) is 0.630. The maximum Gasteiger partial charge on any atom is 0.268 e. The number of hydrogen-bond donors (Lipinski definition) is 1. The fourth-order valence-electron chi connectivity index (χ4n) is 2.96. The highest BCUT2D eigenvalue weighted by Crippen LogP contribution is 2.33. The van der Waals surface area contributed by atoms with Crippen LogP contribution in [0.3, 0.4) is 0 Å². The lowest BCUT2D eigenvalue weighted by Gasteiger charge is -2.13. The molecule has 0 saturated carbocycles. The topological polar surface area (TPSA) is 59.9 Å². The molecule has 1 N–H and O–H groups in total. The summed E-state index contributed by atoms with van der Waals surface area (Å²) in [5.41, 5.74) is 2.42. The van der Waals surface area contributed by atoms with Crippen LogP contribution in [0.15, 0.2) is 93.8 Å². The lowest BCUT2D eigenvalue weighted by atomic mass is 10.0. The Morgan fingerprint density at radius 1 is 1.03 bits per heavy atom. The molecule has 1 heterocycles. The van der Waals surface area contributed by atoms with Crippen LogP contribution in [0.4, 0.5) is 5.69 Å². The number of hydrogen-bond acceptors (Lipinski definition) is 5. The van der Waals surface area contributed by atoms with E-state index in [1.807, 2.05) is 78.9 Å². The minimum absolute atomic E-state index is 0.210. The predicted octanol–water partition coefficient (Wildman–Crippen LogP) is 4.98. The van der Waals surface area contributed by atoms with Crippen molar-refractivity contribution in [3.63, 3.8) is 0 Å². The van der Waals surface area contributed by atoms with Crippen LogP contribution in [-0.4, -0.2) is 24.8 Å². The molecule has 1 atom stereocenters. The van der Waals surface area contributed by atoms with Crippen molar-refractivity contribution in [3.8, 4) is 5.75 Å². The van der Waals surface area contributed by atoms with Gasteiger partial charge in [-0.3, -0.25) is 4.79 Å². The molecule has 0 radical (unpaired) electrons. The fraction of sp³-hybridized carbons (Fsp3) is 0.130. The second kappa shape index (κ2) is 8.84. The van der Waals surface area contributed by atoms with Crippen LogP contribution in [0.5, 0.6) is 5.75 Å². The standard InChI is InChI=1S/C23H20N2O3S/c1-27-17-13-11-16(12-14-17)20-15-21(28-25-20)23(26)24-19-9-5-6-10-22(19)29-18-7-3-2-4-8-18/h2-14,21H,15H2,1H3,(H,24,26). The van der Waals surface area contributed by atoms with E-state index < -0.39 is 6.10 Å². The number of carbonyl (C=O) groups is 1. The van der Waals surface area contributed by atoms with Crippen molar-refractivity contribution in [1.29, 1.82) is 0 Å². The molecule has 146 valence electrons. The first-order chi connectivity index (χ1) is 14.2. The Labute approximate surface area is 173 Å². The Morgan fingerprint density at radius 3 is 2.52 bits per heavy atom. The molecule has 0 aromatic heterocycles. The number of oxime groups is 1. The van der Waals surface area contributed by atoms with Crippen LogP contribution >= 0.6 is 11.8 Å². The first-order valence-electron chi connectivity index (χ1n) is 9.23. The van der Waals surface area contributed by atoms with Crippen LogP contribution in [-0.2, 0) is 9.63 Å². The maximum absolute atomic E-state index is 12.8. The van der Waals surface area contributed by atoms with Gasteiger partial charge in [0.05, 0.1) is 18.5 Å². The number of nitrogens with one attached hydrogen (secondary N) is 1. The summed E-state index contributed by atoms with van der Waals surface area (Å²) in [6, 6.07) is 25.3. The van der Waals surface area contributed by atoms with Crippen molar-refractivity contribution in [3.05, 3.63) is 84.4 Å². The summed E-state index contributed by atoms with van der Waals surface area (Å²) >= 11 is 1.60. The number of carbonyl (C=O) groups excluding carboxylic acids is 1. The lowest BCUT2D eigenvalue weighted by molar-refractivity contribution is -0.125. The normalized spacial score (nSPS) is 15.3. The number of para-hydroxylation sites is 1. The average Bonchev–Trinajstić information content (AvgIpc) is 3.26. The zero-order chi connectivity index (χ0) is 20.1. The van der Waals surface area contributed by atoms with Gasteiger partial charge in [-0.2, -0.15) is 0 Å². The lowest BCUT2D eigenvalue weighted by Crippen LogP contribution is -2.28. The fourth-order valence-corrected chi connectivity index (χ4v) is 3.88. The predicted molar refractivity (Wildman–Crippen MR) is 115 cm³/mol. The van der Waals surface area contributed by atoms with E-state index in [4.69, 9.17) is 9.57 Å². The Hall–Kier alpha value is -3.25. The van der Waals surface area contributed by atoms with E-state index in [9.17, 15) is 4.79 Å². The van der Waals surface area contributed by atoms with Crippen molar-refractivity contribution < 1.29 is 14.4 Å². The van der Waals surface area contributed by atoms with E-state index in [-0.39, 0.29) is 5.91 Å². The zero-order valence-electron chi connectivity index (χ0n) is 15.9. The molecule has 1 aliphatic rings. The van der Waals surface area contributed by atoms with Gasteiger partial charge in [0.2, 0.25) is 6.10 Å². The van der Waals surface area contributed by atoms with E-state index in [1.54, 1.807) is 18.9 Å². The highest BCUT2D eigenvalue weighted by molar-refractivity contribution is 7.99. The van der Waals surface area contributed by atoms with Gasteiger partial charge < -0.3 is 14.9 Å². The largest absolute Gasteiger partial charge is 0.497 e. The Morgan fingerprint density at radius 2 is 1.76 bits per heavy atom. The first-order valence-corrected chi connectivity index (χ1v) is 10.0.